The van der Waals surface area contributed by atoms with Crippen LogP contribution in [-0.2, 0) is 16.0 Å². The van der Waals surface area contributed by atoms with E-state index in [1.54, 1.807) is 31.2 Å². The SMILES string of the molecule is CC(=O)N1c2ccc(-c3nc(NC(=O)COc4ccc(Cl)cc4)sc3C)cc2C[C@@H]1C. The van der Waals surface area contributed by atoms with E-state index in [-0.39, 0.29) is 24.5 Å². The Morgan fingerprint density at radius 1 is 1.26 bits per heavy atom. The molecule has 0 radical (unpaired) electrons. The predicted molar refractivity (Wildman–Crippen MR) is 124 cm³/mol. The maximum absolute atomic E-state index is 12.3. The molecule has 2 heterocycles. The Kier molecular flexibility index (Phi) is 5.98. The minimum Gasteiger partial charge on any atom is -0.484 e. The molecule has 0 aliphatic carbocycles. The Morgan fingerprint density at radius 3 is 2.71 bits per heavy atom. The summed E-state index contributed by atoms with van der Waals surface area (Å²) in [5.74, 6) is 0.340. The van der Waals surface area contributed by atoms with Crippen LogP contribution in [0.1, 0.15) is 24.3 Å². The number of halogens is 1. The Bertz CT molecular complexity index is 1140. The number of aryl methyl sites for hydroxylation is 1. The number of benzene rings is 2. The molecule has 1 N–H and O–H groups in total. The van der Waals surface area contributed by atoms with E-state index in [1.807, 2.05) is 24.0 Å². The molecule has 1 aliphatic rings. The standard InChI is InChI=1S/C23H22ClN3O3S/c1-13-10-17-11-16(4-9-20(17)27(13)15(3)28)22-14(2)31-23(26-22)25-21(29)12-30-19-7-5-18(24)6-8-19/h4-9,11,13H,10,12H2,1-3H3,(H,25,26,29)/t13-/m0/s1. The maximum atomic E-state index is 12.3. The van der Waals surface area contributed by atoms with Crippen LogP contribution in [-0.4, -0.2) is 29.4 Å². The molecule has 0 bridgehead atoms. The number of carbonyl (C=O) groups excluding carboxylic acids is 2. The first kappa shape index (κ1) is 21.3. The summed E-state index contributed by atoms with van der Waals surface area (Å²) in [6.45, 7) is 5.50. The van der Waals surface area contributed by atoms with Crippen molar-refractivity contribution in [1.82, 2.24) is 4.98 Å². The van der Waals surface area contributed by atoms with E-state index in [1.165, 1.54) is 11.3 Å². The minimum absolute atomic E-state index is 0.0506. The summed E-state index contributed by atoms with van der Waals surface area (Å²) in [6.07, 6.45) is 0.817. The normalized spacial score (nSPS) is 15.0. The average molecular weight is 456 g/mol. The van der Waals surface area contributed by atoms with Crippen LogP contribution in [0.25, 0.3) is 11.3 Å². The van der Waals surface area contributed by atoms with Crippen molar-refractivity contribution in [2.75, 3.05) is 16.8 Å². The van der Waals surface area contributed by atoms with Crippen LogP contribution in [0.4, 0.5) is 10.8 Å². The van der Waals surface area contributed by atoms with Crippen LogP contribution < -0.4 is 15.0 Å². The molecule has 4 rings (SSSR count). The van der Waals surface area contributed by atoms with Gasteiger partial charge in [0.1, 0.15) is 5.75 Å². The maximum Gasteiger partial charge on any atom is 0.264 e. The fourth-order valence-corrected chi connectivity index (χ4v) is 4.79. The molecule has 3 aromatic rings. The first-order valence-electron chi connectivity index (χ1n) is 9.90. The zero-order valence-electron chi connectivity index (χ0n) is 17.4. The van der Waals surface area contributed by atoms with Gasteiger partial charge in [-0.05, 0) is 62.2 Å². The first-order chi connectivity index (χ1) is 14.8. The third kappa shape index (κ3) is 4.57. The van der Waals surface area contributed by atoms with Gasteiger partial charge < -0.3 is 9.64 Å². The highest BCUT2D eigenvalue weighted by Gasteiger charge is 2.29. The highest BCUT2D eigenvalue weighted by atomic mass is 35.5. The number of fused-ring (bicyclic) bond motifs is 1. The number of anilines is 2. The average Bonchev–Trinajstić information content (AvgIpc) is 3.25. The van der Waals surface area contributed by atoms with Gasteiger partial charge in [-0.2, -0.15) is 0 Å². The molecular weight excluding hydrogens is 434 g/mol. The molecule has 0 fully saturated rings. The predicted octanol–water partition coefficient (Wildman–Crippen LogP) is 5.09. The monoisotopic (exact) mass is 455 g/mol. The number of hydrogen-bond donors (Lipinski definition) is 1. The third-order valence-corrected chi connectivity index (χ3v) is 6.27. The lowest BCUT2D eigenvalue weighted by Gasteiger charge is -2.20. The van der Waals surface area contributed by atoms with Crippen molar-refractivity contribution >= 4 is 45.6 Å². The molecule has 2 aromatic carbocycles. The number of carbonyl (C=O) groups is 2. The summed E-state index contributed by atoms with van der Waals surface area (Å²) < 4.78 is 5.48. The van der Waals surface area contributed by atoms with Gasteiger partial charge in [-0.15, -0.1) is 11.3 Å². The van der Waals surface area contributed by atoms with E-state index >= 15 is 0 Å². The van der Waals surface area contributed by atoms with Crippen LogP contribution in [0.2, 0.25) is 5.02 Å². The number of nitrogens with zero attached hydrogens (tertiary/aromatic N) is 2. The number of rotatable bonds is 5. The molecule has 0 saturated heterocycles. The highest BCUT2D eigenvalue weighted by molar-refractivity contribution is 7.16. The van der Waals surface area contributed by atoms with Gasteiger partial charge in [0.05, 0.1) is 5.69 Å². The first-order valence-corrected chi connectivity index (χ1v) is 11.1. The van der Waals surface area contributed by atoms with Gasteiger partial charge in [0.15, 0.2) is 11.7 Å². The van der Waals surface area contributed by atoms with Gasteiger partial charge in [-0.25, -0.2) is 4.98 Å². The van der Waals surface area contributed by atoms with E-state index in [0.29, 0.717) is 15.9 Å². The molecule has 0 spiro atoms. The molecular formula is C23H22ClN3O3S. The number of nitrogens with one attached hydrogen (secondary N) is 1. The molecule has 2 amide bonds. The van der Waals surface area contributed by atoms with E-state index in [2.05, 4.69) is 23.3 Å². The topological polar surface area (TPSA) is 71.5 Å². The lowest BCUT2D eigenvalue weighted by atomic mass is 10.0. The summed E-state index contributed by atoms with van der Waals surface area (Å²) in [5.41, 5.74) is 3.90. The van der Waals surface area contributed by atoms with E-state index in [9.17, 15) is 9.59 Å². The smallest absolute Gasteiger partial charge is 0.264 e. The molecule has 1 aliphatic heterocycles. The number of ether oxygens (including phenoxy) is 1. The zero-order chi connectivity index (χ0) is 22.1. The van der Waals surface area contributed by atoms with Gasteiger partial charge >= 0.3 is 0 Å². The van der Waals surface area contributed by atoms with E-state index < -0.39 is 0 Å². The number of amides is 2. The van der Waals surface area contributed by atoms with Crippen LogP contribution in [0.5, 0.6) is 5.75 Å². The second-order valence-electron chi connectivity index (χ2n) is 7.50. The van der Waals surface area contributed by atoms with Crippen LogP contribution >= 0.6 is 22.9 Å². The summed E-state index contributed by atoms with van der Waals surface area (Å²) in [5, 5.41) is 3.93. The van der Waals surface area contributed by atoms with E-state index in [4.69, 9.17) is 16.3 Å². The lowest BCUT2D eigenvalue weighted by Crippen LogP contribution is -2.33. The van der Waals surface area contributed by atoms with Crippen molar-refractivity contribution in [1.29, 1.82) is 0 Å². The van der Waals surface area contributed by atoms with E-state index in [0.717, 1.165) is 33.8 Å². The highest BCUT2D eigenvalue weighted by Crippen LogP contribution is 2.37. The molecule has 0 saturated carbocycles. The summed E-state index contributed by atoms with van der Waals surface area (Å²) in [6, 6.07) is 13.0. The van der Waals surface area contributed by atoms with Gasteiger partial charge in [-0.1, -0.05) is 17.7 Å². The van der Waals surface area contributed by atoms with Gasteiger partial charge in [0, 0.05) is 34.1 Å². The third-order valence-electron chi connectivity index (χ3n) is 5.13. The second kappa shape index (κ2) is 8.69. The molecule has 31 heavy (non-hydrogen) atoms. The molecule has 0 unspecified atom stereocenters. The summed E-state index contributed by atoms with van der Waals surface area (Å²) >= 11 is 7.27. The Labute approximate surface area is 189 Å². The van der Waals surface area contributed by atoms with Gasteiger partial charge in [0.2, 0.25) is 5.91 Å². The van der Waals surface area contributed by atoms with Crippen molar-refractivity contribution in [3.63, 3.8) is 0 Å². The number of hydrogen-bond acceptors (Lipinski definition) is 5. The number of aromatic nitrogens is 1. The van der Waals surface area contributed by atoms with Crippen LogP contribution in [0.3, 0.4) is 0 Å². The largest absolute Gasteiger partial charge is 0.484 e. The Hall–Kier alpha value is -2.90. The fourth-order valence-electron chi connectivity index (χ4n) is 3.81. The Morgan fingerprint density at radius 2 is 2.00 bits per heavy atom. The molecule has 1 atom stereocenters. The quantitative estimate of drug-likeness (QED) is 0.581. The summed E-state index contributed by atoms with van der Waals surface area (Å²) in [4.78, 5) is 31.7. The molecule has 160 valence electrons. The molecule has 6 nitrogen and oxygen atoms in total. The van der Waals surface area contributed by atoms with Gasteiger partial charge in [-0.3, -0.25) is 14.9 Å². The molecule has 8 heteroatoms. The van der Waals surface area contributed by atoms with Crippen molar-refractivity contribution in [2.24, 2.45) is 0 Å². The van der Waals surface area contributed by atoms with Crippen molar-refractivity contribution in [2.45, 2.75) is 33.2 Å². The zero-order valence-corrected chi connectivity index (χ0v) is 19.0. The van der Waals surface area contributed by atoms with Crippen LogP contribution in [0.15, 0.2) is 42.5 Å². The van der Waals surface area contributed by atoms with Crippen molar-refractivity contribution in [3.8, 4) is 17.0 Å². The minimum atomic E-state index is -0.282. The second-order valence-corrected chi connectivity index (χ2v) is 9.14. The number of thiazole rings is 1. The van der Waals surface area contributed by atoms with Gasteiger partial charge in [0.25, 0.3) is 5.91 Å². The van der Waals surface area contributed by atoms with Crippen LogP contribution in [0, 0.1) is 6.92 Å². The van der Waals surface area contributed by atoms with Crippen molar-refractivity contribution in [3.05, 3.63) is 57.9 Å². The lowest BCUT2D eigenvalue weighted by molar-refractivity contribution is -0.118. The summed E-state index contributed by atoms with van der Waals surface area (Å²) in [7, 11) is 0. The Balaban J connectivity index is 1.45. The van der Waals surface area contributed by atoms with Crippen molar-refractivity contribution < 1.29 is 14.3 Å². The fraction of sp³-hybridized carbons (Fsp3) is 0.261. The molecule has 1 aromatic heterocycles.